The first kappa shape index (κ1) is 13.1. The largest absolute Gasteiger partial charge is 0.488 e. The van der Waals surface area contributed by atoms with Gasteiger partial charge in [-0.15, -0.1) is 0 Å². The standard InChI is InChI=1S/C14H12N4O3S/c19-18(20)13-12(16-14-17(13)5-6-22-14)15-8-10-7-9-3-1-2-4-11(9)21-10/h1-6,10,15H,7-8H2/t10-/m1/s1. The van der Waals surface area contributed by atoms with Crippen LogP contribution < -0.4 is 10.1 Å². The van der Waals surface area contributed by atoms with Crippen LogP contribution in [-0.2, 0) is 6.42 Å². The molecule has 0 saturated heterocycles. The van der Waals surface area contributed by atoms with Gasteiger partial charge in [-0.05, 0) is 16.6 Å². The molecule has 2 aromatic heterocycles. The van der Waals surface area contributed by atoms with Crippen molar-refractivity contribution >= 4 is 27.9 Å². The summed E-state index contributed by atoms with van der Waals surface area (Å²) in [4.78, 5) is 15.7. The fraction of sp³-hybridized carbons (Fsp3) is 0.214. The molecular weight excluding hydrogens is 304 g/mol. The normalized spacial score (nSPS) is 16.5. The minimum absolute atomic E-state index is 0.0354. The molecule has 112 valence electrons. The molecule has 1 aliphatic heterocycles. The first-order valence-corrected chi connectivity index (χ1v) is 7.68. The molecular formula is C14H12N4O3S. The lowest BCUT2D eigenvalue weighted by Crippen LogP contribution is -2.24. The van der Waals surface area contributed by atoms with Gasteiger partial charge in [-0.3, -0.25) is 0 Å². The van der Waals surface area contributed by atoms with Crippen LogP contribution >= 0.6 is 11.3 Å². The highest BCUT2D eigenvalue weighted by atomic mass is 32.1. The number of hydrogen-bond donors (Lipinski definition) is 1. The van der Waals surface area contributed by atoms with Crippen LogP contribution in [-0.4, -0.2) is 27.0 Å². The van der Waals surface area contributed by atoms with Gasteiger partial charge < -0.3 is 20.2 Å². The Morgan fingerprint density at radius 2 is 2.36 bits per heavy atom. The van der Waals surface area contributed by atoms with Gasteiger partial charge >= 0.3 is 5.82 Å². The van der Waals surface area contributed by atoms with Gasteiger partial charge in [0.2, 0.25) is 5.82 Å². The number of rotatable bonds is 4. The molecule has 0 fully saturated rings. The average Bonchev–Trinajstić information content (AvgIpc) is 3.17. The highest BCUT2D eigenvalue weighted by Gasteiger charge is 2.26. The third-order valence-corrected chi connectivity index (χ3v) is 4.38. The van der Waals surface area contributed by atoms with E-state index in [1.54, 1.807) is 11.6 Å². The predicted octanol–water partition coefficient (Wildman–Crippen LogP) is 2.72. The van der Waals surface area contributed by atoms with Crippen LogP contribution in [0.25, 0.3) is 4.96 Å². The lowest BCUT2D eigenvalue weighted by Gasteiger charge is -2.11. The van der Waals surface area contributed by atoms with E-state index in [4.69, 9.17) is 4.74 Å². The summed E-state index contributed by atoms with van der Waals surface area (Å²) in [5, 5.41) is 16.1. The summed E-state index contributed by atoms with van der Waals surface area (Å²) in [5.41, 5.74) is 1.16. The summed E-state index contributed by atoms with van der Waals surface area (Å²) >= 11 is 1.36. The molecule has 1 aromatic carbocycles. The van der Waals surface area contributed by atoms with Crippen molar-refractivity contribution in [2.75, 3.05) is 11.9 Å². The summed E-state index contributed by atoms with van der Waals surface area (Å²) in [5.74, 6) is 1.14. The molecule has 3 heterocycles. The Kier molecular flexibility index (Phi) is 2.97. The summed E-state index contributed by atoms with van der Waals surface area (Å²) in [6.07, 6.45) is 2.40. The Labute approximate surface area is 129 Å². The Morgan fingerprint density at radius 3 is 3.18 bits per heavy atom. The van der Waals surface area contributed by atoms with E-state index < -0.39 is 4.92 Å². The number of fused-ring (bicyclic) bond motifs is 2. The van der Waals surface area contributed by atoms with E-state index in [9.17, 15) is 10.1 Å². The van der Waals surface area contributed by atoms with E-state index in [-0.39, 0.29) is 17.7 Å². The second kappa shape index (κ2) is 4.99. The summed E-state index contributed by atoms with van der Waals surface area (Å²) in [6.45, 7) is 0.473. The van der Waals surface area contributed by atoms with Crippen molar-refractivity contribution in [1.29, 1.82) is 0 Å². The SMILES string of the molecule is O=[N+]([O-])c1c(NC[C@H]2Cc3ccccc3O2)nc2sccn12. The quantitative estimate of drug-likeness (QED) is 0.591. The van der Waals surface area contributed by atoms with Crippen molar-refractivity contribution in [2.45, 2.75) is 12.5 Å². The topological polar surface area (TPSA) is 81.7 Å². The van der Waals surface area contributed by atoms with Crippen LogP contribution in [0.15, 0.2) is 35.8 Å². The molecule has 22 heavy (non-hydrogen) atoms. The second-order valence-corrected chi connectivity index (χ2v) is 5.90. The molecule has 4 rings (SSSR count). The van der Waals surface area contributed by atoms with Crippen LogP contribution in [0.4, 0.5) is 11.6 Å². The number of ether oxygens (including phenoxy) is 1. The first-order valence-electron chi connectivity index (χ1n) is 6.81. The summed E-state index contributed by atoms with van der Waals surface area (Å²) < 4.78 is 7.30. The maximum absolute atomic E-state index is 11.2. The fourth-order valence-corrected chi connectivity index (χ4v) is 3.35. The Balaban J connectivity index is 1.52. The molecule has 0 unspecified atom stereocenters. The first-order chi connectivity index (χ1) is 10.7. The molecule has 1 N–H and O–H groups in total. The molecule has 0 radical (unpaired) electrons. The van der Waals surface area contributed by atoms with Crippen molar-refractivity contribution < 1.29 is 9.66 Å². The molecule has 7 nitrogen and oxygen atoms in total. The van der Waals surface area contributed by atoms with Crippen molar-refractivity contribution in [3.05, 3.63) is 51.5 Å². The number of nitrogens with one attached hydrogen (secondary N) is 1. The minimum atomic E-state index is -0.417. The number of nitro groups is 1. The predicted molar refractivity (Wildman–Crippen MR) is 82.8 cm³/mol. The number of para-hydroxylation sites is 1. The Morgan fingerprint density at radius 1 is 1.50 bits per heavy atom. The molecule has 0 bridgehead atoms. The molecule has 0 aliphatic carbocycles. The van der Waals surface area contributed by atoms with Gasteiger partial charge in [0.1, 0.15) is 18.1 Å². The number of anilines is 1. The van der Waals surface area contributed by atoms with E-state index in [2.05, 4.69) is 10.3 Å². The van der Waals surface area contributed by atoms with Crippen molar-refractivity contribution in [2.24, 2.45) is 0 Å². The van der Waals surface area contributed by atoms with Gasteiger partial charge in [-0.1, -0.05) is 29.5 Å². The smallest absolute Gasteiger partial charge is 0.372 e. The van der Waals surface area contributed by atoms with Gasteiger partial charge in [-0.25, -0.2) is 0 Å². The van der Waals surface area contributed by atoms with E-state index in [1.165, 1.54) is 15.7 Å². The van der Waals surface area contributed by atoms with Gasteiger partial charge in [0.25, 0.3) is 4.96 Å². The molecule has 0 saturated carbocycles. The van der Waals surface area contributed by atoms with E-state index >= 15 is 0 Å². The number of benzene rings is 1. The lowest BCUT2D eigenvalue weighted by molar-refractivity contribution is -0.389. The zero-order valence-corrected chi connectivity index (χ0v) is 12.2. The lowest BCUT2D eigenvalue weighted by atomic mass is 10.1. The highest BCUT2D eigenvalue weighted by molar-refractivity contribution is 7.15. The molecule has 0 spiro atoms. The maximum atomic E-state index is 11.2. The van der Waals surface area contributed by atoms with Gasteiger partial charge in [0.15, 0.2) is 0 Å². The van der Waals surface area contributed by atoms with Crippen LogP contribution in [0.5, 0.6) is 5.75 Å². The van der Waals surface area contributed by atoms with Crippen LogP contribution in [0.3, 0.4) is 0 Å². The van der Waals surface area contributed by atoms with Crippen molar-refractivity contribution in [1.82, 2.24) is 9.38 Å². The minimum Gasteiger partial charge on any atom is -0.488 e. The van der Waals surface area contributed by atoms with Crippen molar-refractivity contribution in [3.63, 3.8) is 0 Å². The van der Waals surface area contributed by atoms with E-state index in [0.29, 0.717) is 11.5 Å². The monoisotopic (exact) mass is 316 g/mol. The van der Waals surface area contributed by atoms with E-state index in [0.717, 1.165) is 17.7 Å². The van der Waals surface area contributed by atoms with Gasteiger partial charge in [-0.2, -0.15) is 9.38 Å². The number of imidazole rings is 1. The molecule has 3 aromatic rings. The molecule has 1 atom stereocenters. The van der Waals surface area contributed by atoms with Gasteiger partial charge in [0.05, 0.1) is 6.54 Å². The number of nitrogens with zero attached hydrogens (tertiary/aromatic N) is 3. The maximum Gasteiger partial charge on any atom is 0.372 e. The van der Waals surface area contributed by atoms with Crippen molar-refractivity contribution in [3.8, 4) is 5.75 Å². The third kappa shape index (κ3) is 2.08. The second-order valence-electron chi connectivity index (χ2n) is 5.03. The summed E-state index contributed by atoms with van der Waals surface area (Å²) in [7, 11) is 0. The average molecular weight is 316 g/mol. The number of hydrogen-bond acceptors (Lipinski definition) is 6. The van der Waals surface area contributed by atoms with E-state index in [1.807, 2.05) is 24.3 Å². The fourth-order valence-electron chi connectivity index (χ4n) is 2.65. The van der Waals surface area contributed by atoms with Crippen LogP contribution in [0, 0.1) is 10.1 Å². The molecule has 1 aliphatic rings. The summed E-state index contributed by atoms with van der Waals surface area (Å²) in [6, 6.07) is 7.88. The zero-order chi connectivity index (χ0) is 15.1. The third-order valence-electron chi connectivity index (χ3n) is 3.62. The Bertz CT molecular complexity index is 832. The highest BCUT2D eigenvalue weighted by Crippen LogP contribution is 2.30. The molecule has 8 heteroatoms. The molecule has 0 amide bonds. The van der Waals surface area contributed by atoms with Crippen LogP contribution in [0.2, 0.25) is 0 Å². The van der Waals surface area contributed by atoms with Gasteiger partial charge in [0, 0.05) is 11.8 Å². The Hall–Kier alpha value is -2.61. The zero-order valence-electron chi connectivity index (χ0n) is 11.4. The van der Waals surface area contributed by atoms with Crippen LogP contribution in [0.1, 0.15) is 5.56 Å². The number of thiazole rings is 1. The number of aromatic nitrogens is 2.